The maximum atomic E-state index is 5.42. The number of hydrogen-bond donors (Lipinski definition) is 1. The molecule has 2 rings (SSSR count). The zero-order valence-electron chi connectivity index (χ0n) is 10.6. The molecule has 1 aliphatic rings. The SMILES string of the molecule is CCCNCc1nnnn1C(C)C1CCOC1. The van der Waals surface area contributed by atoms with Gasteiger partial charge in [-0.2, -0.15) is 0 Å². The Balaban J connectivity index is 1.96. The number of nitrogens with one attached hydrogen (secondary N) is 1. The van der Waals surface area contributed by atoms with Gasteiger partial charge < -0.3 is 10.1 Å². The highest BCUT2D eigenvalue weighted by atomic mass is 16.5. The Morgan fingerprint density at radius 3 is 3.18 bits per heavy atom. The minimum atomic E-state index is 0.311. The Morgan fingerprint density at radius 2 is 2.47 bits per heavy atom. The molecule has 0 aromatic carbocycles. The molecule has 1 aliphatic heterocycles. The van der Waals surface area contributed by atoms with Crippen molar-refractivity contribution in [2.75, 3.05) is 19.8 Å². The highest BCUT2D eigenvalue weighted by molar-refractivity contribution is 4.86. The quantitative estimate of drug-likeness (QED) is 0.743. The third-order valence-corrected chi connectivity index (χ3v) is 3.30. The Kier molecular flexibility index (Phi) is 4.44. The number of tetrazole rings is 1. The fourth-order valence-electron chi connectivity index (χ4n) is 2.15. The van der Waals surface area contributed by atoms with Crippen molar-refractivity contribution in [3.63, 3.8) is 0 Å². The fraction of sp³-hybridized carbons (Fsp3) is 0.909. The van der Waals surface area contributed by atoms with Crippen LogP contribution in [0.25, 0.3) is 0 Å². The second kappa shape index (κ2) is 6.07. The van der Waals surface area contributed by atoms with Crippen LogP contribution in [0.15, 0.2) is 0 Å². The van der Waals surface area contributed by atoms with Crippen molar-refractivity contribution in [2.24, 2.45) is 5.92 Å². The lowest BCUT2D eigenvalue weighted by Gasteiger charge is -2.18. The van der Waals surface area contributed by atoms with Gasteiger partial charge in [0, 0.05) is 12.5 Å². The van der Waals surface area contributed by atoms with E-state index in [0.717, 1.165) is 45.0 Å². The molecule has 0 radical (unpaired) electrons. The average Bonchev–Trinajstić information content (AvgIpc) is 3.00. The molecular weight excluding hydrogens is 218 g/mol. The topological polar surface area (TPSA) is 64.9 Å². The van der Waals surface area contributed by atoms with Crippen molar-refractivity contribution < 1.29 is 4.74 Å². The summed E-state index contributed by atoms with van der Waals surface area (Å²) in [6, 6.07) is 0.311. The standard InChI is InChI=1S/C11H21N5O/c1-3-5-12-7-11-13-14-15-16(11)9(2)10-4-6-17-8-10/h9-10,12H,3-8H2,1-2H3. The molecule has 0 spiro atoms. The molecule has 0 bridgehead atoms. The molecule has 1 saturated heterocycles. The van der Waals surface area contributed by atoms with E-state index in [9.17, 15) is 0 Å². The maximum absolute atomic E-state index is 5.42. The second-order valence-electron chi connectivity index (χ2n) is 4.58. The van der Waals surface area contributed by atoms with Crippen LogP contribution in [-0.2, 0) is 11.3 Å². The zero-order chi connectivity index (χ0) is 12.1. The van der Waals surface area contributed by atoms with Crippen LogP contribution in [-0.4, -0.2) is 40.0 Å². The lowest BCUT2D eigenvalue weighted by molar-refractivity contribution is 0.172. The third kappa shape index (κ3) is 3.01. The summed E-state index contributed by atoms with van der Waals surface area (Å²) in [6.07, 6.45) is 2.22. The zero-order valence-corrected chi connectivity index (χ0v) is 10.6. The number of ether oxygens (including phenoxy) is 1. The maximum Gasteiger partial charge on any atom is 0.165 e. The summed E-state index contributed by atoms with van der Waals surface area (Å²) in [6.45, 7) is 7.73. The first-order chi connectivity index (χ1) is 8.33. The molecule has 1 aromatic heterocycles. The Bertz CT molecular complexity index is 334. The summed E-state index contributed by atoms with van der Waals surface area (Å²) in [7, 11) is 0. The Labute approximate surface area is 102 Å². The van der Waals surface area contributed by atoms with Crippen LogP contribution in [0, 0.1) is 5.92 Å². The summed E-state index contributed by atoms with van der Waals surface area (Å²) >= 11 is 0. The van der Waals surface area contributed by atoms with Crippen LogP contribution in [0.3, 0.4) is 0 Å². The van der Waals surface area contributed by atoms with Crippen molar-refractivity contribution >= 4 is 0 Å². The molecule has 1 fully saturated rings. The molecule has 2 unspecified atom stereocenters. The van der Waals surface area contributed by atoms with E-state index in [4.69, 9.17) is 4.74 Å². The van der Waals surface area contributed by atoms with E-state index in [1.807, 2.05) is 4.68 Å². The molecule has 1 aromatic rings. The lowest BCUT2D eigenvalue weighted by Crippen LogP contribution is -2.24. The first-order valence-electron chi connectivity index (χ1n) is 6.38. The molecule has 96 valence electrons. The summed E-state index contributed by atoms with van der Waals surface area (Å²) < 4.78 is 7.35. The summed E-state index contributed by atoms with van der Waals surface area (Å²) in [5.74, 6) is 1.45. The van der Waals surface area contributed by atoms with Gasteiger partial charge in [-0.15, -0.1) is 5.10 Å². The van der Waals surface area contributed by atoms with Crippen molar-refractivity contribution in [1.82, 2.24) is 25.5 Å². The molecule has 0 amide bonds. The molecule has 0 aliphatic carbocycles. The molecule has 6 heteroatoms. The molecule has 1 N–H and O–H groups in total. The monoisotopic (exact) mass is 239 g/mol. The first-order valence-corrected chi connectivity index (χ1v) is 6.38. The Hall–Kier alpha value is -1.01. The number of rotatable bonds is 6. The van der Waals surface area contributed by atoms with Crippen LogP contribution < -0.4 is 5.32 Å². The van der Waals surface area contributed by atoms with Gasteiger partial charge in [-0.3, -0.25) is 0 Å². The van der Waals surface area contributed by atoms with Gasteiger partial charge in [0.15, 0.2) is 5.82 Å². The van der Waals surface area contributed by atoms with Crippen molar-refractivity contribution in [1.29, 1.82) is 0 Å². The number of hydrogen-bond acceptors (Lipinski definition) is 5. The lowest BCUT2D eigenvalue weighted by atomic mass is 10.0. The number of aromatic nitrogens is 4. The largest absolute Gasteiger partial charge is 0.381 e. The van der Waals surface area contributed by atoms with E-state index >= 15 is 0 Å². The van der Waals surface area contributed by atoms with Crippen LogP contribution in [0.1, 0.15) is 38.6 Å². The third-order valence-electron chi connectivity index (χ3n) is 3.30. The smallest absolute Gasteiger partial charge is 0.165 e. The van der Waals surface area contributed by atoms with Gasteiger partial charge in [0.2, 0.25) is 0 Å². The van der Waals surface area contributed by atoms with Gasteiger partial charge in [-0.05, 0) is 36.7 Å². The minimum Gasteiger partial charge on any atom is -0.381 e. The molecule has 6 nitrogen and oxygen atoms in total. The van der Waals surface area contributed by atoms with E-state index in [1.54, 1.807) is 0 Å². The second-order valence-corrected chi connectivity index (χ2v) is 4.58. The van der Waals surface area contributed by atoms with E-state index in [-0.39, 0.29) is 0 Å². The van der Waals surface area contributed by atoms with Crippen LogP contribution in [0.5, 0.6) is 0 Å². The van der Waals surface area contributed by atoms with Gasteiger partial charge >= 0.3 is 0 Å². The normalized spacial score (nSPS) is 21.9. The average molecular weight is 239 g/mol. The van der Waals surface area contributed by atoms with Crippen LogP contribution in [0.2, 0.25) is 0 Å². The highest BCUT2D eigenvalue weighted by Gasteiger charge is 2.26. The van der Waals surface area contributed by atoms with Gasteiger partial charge in [0.1, 0.15) is 0 Å². The minimum absolute atomic E-state index is 0.311. The predicted molar refractivity (Wildman–Crippen MR) is 63.5 cm³/mol. The van der Waals surface area contributed by atoms with Gasteiger partial charge in [0.05, 0.1) is 19.2 Å². The predicted octanol–water partition coefficient (Wildman–Crippen LogP) is 0.770. The summed E-state index contributed by atoms with van der Waals surface area (Å²) in [5, 5.41) is 15.3. The highest BCUT2D eigenvalue weighted by Crippen LogP contribution is 2.25. The van der Waals surface area contributed by atoms with Gasteiger partial charge in [-0.25, -0.2) is 4.68 Å². The molecular formula is C11H21N5O. The molecule has 2 heterocycles. The van der Waals surface area contributed by atoms with Crippen molar-refractivity contribution in [3.8, 4) is 0 Å². The van der Waals surface area contributed by atoms with Crippen molar-refractivity contribution in [2.45, 2.75) is 39.3 Å². The molecule has 2 atom stereocenters. The van der Waals surface area contributed by atoms with Gasteiger partial charge in [0.25, 0.3) is 0 Å². The summed E-state index contributed by atoms with van der Waals surface area (Å²) in [5.41, 5.74) is 0. The number of nitrogens with zero attached hydrogens (tertiary/aromatic N) is 4. The van der Waals surface area contributed by atoms with E-state index in [2.05, 4.69) is 34.7 Å². The molecule has 17 heavy (non-hydrogen) atoms. The summed E-state index contributed by atoms with van der Waals surface area (Å²) in [4.78, 5) is 0. The van der Waals surface area contributed by atoms with E-state index in [1.165, 1.54) is 0 Å². The van der Waals surface area contributed by atoms with E-state index in [0.29, 0.717) is 12.0 Å². The van der Waals surface area contributed by atoms with Crippen LogP contribution >= 0.6 is 0 Å². The first kappa shape index (κ1) is 12.4. The van der Waals surface area contributed by atoms with Gasteiger partial charge in [-0.1, -0.05) is 6.92 Å². The Morgan fingerprint density at radius 1 is 1.59 bits per heavy atom. The fourth-order valence-corrected chi connectivity index (χ4v) is 2.15. The van der Waals surface area contributed by atoms with Crippen LogP contribution in [0.4, 0.5) is 0 Å². The molecule has 0 saturated carbocycles. The van der Waals surface area contributed by atoms with Crippen molar-refractivity contribution in [3.05, 3.63) is 5.82 Å². The van der Waals surface area contributed by atoms with E-state index < -0.39 is 0 Å².